The van der Waals surface area contributed by atoms with Gasteiger partial charge in [-0.25, -0.2) is 0 Å². The normalized spacial score (nSPS) is 26.1. The average Bonchev–Trinajstić information content (AvgIpc) is 2.47. The molecule has 0 bridgehead atoms. The van der Waals surface area contributed by atoms with Crippen molar-refractivity contribution in [3.05, 3.63) is 24.3 Å². The van der Waals surface area contributed by atoms with Crippen molar-refractivity contribution in [1.29, 1.82) is 0 Å². The van der Waals surface area contributed by atoms with Gasteiger partial charge in [0.25, 0.3) is 0 Å². The smallest absolute Gasteiger partial charge is 0.0343 e. The first-order valence-electron chi connectivity index (χ1n) is 6.36. The molecule has 1 aromatic rings. The van der Waals surface area contributed by atoms with E-state index in [2.05, 4.69) is 24.4 Å². The summed E-state index contributed by atoms with van der Waals surface area (Å²) in [4.78, 5) is 0. The van der Waals surface area contributed by atoms with Crippen molar-refractivity contribution in [2.45, 2.75) is 45.1 Å². The third-order valence-electron chi connectivity index (χ3n) is 3.54. The van der Waals surface area contributed by atoms with E-state index in [1.165, 1.54) is 37.8 Å². The number of rotatable bonds is 2. The summed E-state index contributed by atoms with van der Waals surface area (Å²) < 4.78 is 0. The van der Waals surface area contributed by atoms with Gasteiger partial charge in [0.05, 0.1) is 0 Å². The zero-order chi connectivity index (χ0) is 11.4. The summed E-state index contributed by atoms with van der Waals surface area (Å²) in [6, 6.07) is 8.71. The first kappa shape index (κ1) is 11.3. The number of anilines is 2. The zero-order valence-electron chi connectivity index (χ0n) is 10.1. The van der Waals surface area contributed by atoms with Crippen LogP contribution in [0.1, 0.15) is 39.0 Å². The van der Waals surface area contributed by atoms with Gasteiger partial charge in [-0.05, 0) is 49.4 Å². The lowest BCUT2D eigenvalue weighted by molar-refractivity contribution is 0.502. The molecule has 0 heterocycles. The van der Waals surface area contributed by atoms with E-state index < -0.39 is 0 Å². The third kappa shape index (κ3) is 3.16. The summed E-state index contributed by atoms with van der Waals surface area (Å²) in [5, 5.41) is 3.61. The minimum absolute atomic E-state index is 0.647. The van der Waals surface area contributed by atoms with Crippen LogP contribution in [0, 0.1) is 5.92 Å². The fourth-order valence-corrected chi connectivity index (χ4v) is 2.45. The summed E-state index contributed by atoms with van der Waals surface area (Å²) in [6.45, 7) is 2.37. The van der Waals surface area contributed by atoms with Crippen LogP contribution in [0.25, 0.3) is 0 Å². The van der Waals surface area contributed by atoms with E-state index in [4.69, 9.17) is 5.73 Å². The van der Waals surface area contributed by atoms with Gasteiger partial charge in [-0.15, -0.1) is 0 Å². The molecule has 2 heteroatoms. The van der Waals surface area contributed by atoms with E-state index in [9.17, 15) is 0 Å². The Bertz CT molecular complexity index is 318. The van der Waals surface area contributed by atoms with Crippen LogP contribution in [-0.4, -0.2) is 6.04 Å². The van der Waals surface area contributed by atoms with Gasteiger partial charge < -0.3 is 11.1 Å². The van der Waals surface area contributed by atoms with Gasteiger partial charge in [0.1, 0.15) is 0 Å². The Balaban J connectivity index is 1.91. The molecular formula is C14H22N2. The van der Waals surface area contributed by atoms with Crippen molar-refractivity contribution in [2.24, 2.45) is 5.92 Å². The highest BCUT2D eigenvalue weighted by Gasteiger charge is 2.15. The highest BCUT2D eigenvalue weighted by atomic mass is 14.9. The molecule has 0 saturated heterocycles. The molecule has 0 spiro atoms. The lowest BCUT2D eigenvalue weighted by atomic mass is 10.0. The van der Waals surface area contributed by atoms with Crippen molar-refractivity contribution in [3.8, 4) is 0 Å². The summed E-state index contributed by atoms with van der Waals surface area (Å²) in [7, 11) is 0. The van der Waals surface area contributed by atoms with E-state index in [0.717, 1.165) is 11.6 Å². The Morgan fingerprint density at radius 2 is 1.81 bits per heavy atom. The second-order valence-corrected chi connectivity index (χ2v) is 5.08. The molecule has 1 saturated carbocycles. The summed E-state index contributed by atoms with van der Waals surface area (Å²) in [5.41, 5.74) is 7.71. The minimum Gasteiger partial charge on any atom is -0.399 e. The third-order valence-corrected chi connectivity index (χ3v) is 3.54. The highest BCUT2D eigenvalue weighted by molar-refractivity contribution is 5.51. The molecule has 0 amide bonds. The minimum atomic E-state index is 0.647. The number of nitrogen functional groups attached to an aromatic ring is 1. The van der Waals surface area contributed by atoms with Crippen LogP contribution in [0.3, 0.4) is 0 Å². The maximum absolute atomic E-state index is 5.68. The van der Waals surface area contributed by atoms with Gasteiger partial charge in [0.2, 0.25) is 0 Å². The van der Waals surface area contributed by atoms with E-state index in [1.807, 2.05) is 12.1 Å². The second kappa shape index (κ2) is 5.24. The summed E-state index contributed by atoms with van der Waals surface area (Å²) in [5.74, 6) is 0.901. The summed E-state index contributed by atoms with van der Waals surface area (Å²) in [6.07, 6.45) is 6.70. The van der Waals surface area contributed by atoms with Gasteiger partial charge in [0, 0.05) is 17.4 Å². The van der Waals surface area contributed by atoms with Gasteiger partial charge in [-0.3, -0.25) is 0 Å². The Labute approximate surface area is 98.2 Å². The number of hydrogen-bond donors (Lipinski definition) is 2. The maximum atomic E-state index is 5.68. The predicted molar refractivity (Wildman–Crippen MR) is 70.5 cm³/mol. The van der Waals surface area contributed by atoms with Crippen molar-refractivity contribution in [1.82, 2.24) is 0 Å². The monoisotopic (exact) mass is 218 g/mol. The molecule has 1 aromatic carbocycles. The highest BCUT2D eigenvalue weighted by Crippen LogP contribution is 2.25. The van der Waals surface area contributed by atoms with Gasteiger partial charge in [-0.2, -0.15) is 0 Å². The van der Waals surface area contributed by atoms with E-state index >= 15 is 0 Å². The van der Waals surface area contributed by atoms with Crippen LogP contribution in [0.4, 0.5) is 11.4 Å². The average molecular weight is 218 g/mol. The first-order valence-corrected chi connectivity index (χ1v) is 6.36. The van der Waals surface area contributed by atoms with Gasteiger partial charge >= 0.3 is 0 Å². The SMILES string of the molecule is CC1CCCC(Nc2ccc(N)cc2)CC1. The topological polar surface area (TPSA) is 38.0 Å². The molecular weight excluding hydrogens is 196 g/mol. The first-order chi connectivity index (χ1) is 7.74. The molecule has 2 atom stereocenters. The molecule has 3 N–H and O–H groups in total. The van der Waals surface area contributed by atoms with Crippen LogP contribution >= 0.6 is 0 Å². The van der Waals surface area contributed by atoms with Gasteiger partial charge in [0.15, 0.2) is 0 Å². The molecule has 88 valence electrons. The predicted octanol–water partition coefficient (Wildman–Crippen LogP) is 3.65. The number of benzene rings is 1. The van der Waals surface area contributed by atoms with Crippen LogP contribution in [0.5, 0.6) is 0 Å². The number of hydrogen-bond acceptors (Lipinski definition) is 2. The molecule has 16 heavy (non-hydrogen) atoms. The second-order valence-electron chi connectivity index (χ2n) is 5.08. The zero-order valence-corrected chi connectivity index (χ0v) is 10.1. The van der Waals surface area contributed by atoms with Crippen LogP contribution in [0.15, 0.2) is 24.3 Å². The van der Waals surface area contributed by atoms with Crippen molar-refractivity contribution < 1.29 is 0 Å². The molecule has 1 aliphatic rings. The van der Waals surface area contributed by atoms with Gasteiger partial charge in [-0.1, -0.05) is 19.8 Å². The fourth-order valence-electron chi connectivity index (χ4n) is 2.45. The van der Waals surface area contributed by atoms with Crippen LogP contribution < -0.4 is 11.1 Å². The van der Waals surface area contributed by atoms with Crippen molar-refractivity contribution >= 4 is 11.4 Å². The molecule has 0 aliphatic heterocycles. The molecule has 0 aromatic heterocycles. The Kier molecular flexibility index (Phi) is 3.70. The quantitative estimate of drug-likeness (QED) is 0.587. The number of nitrogens with two attached hydrogens (primary N) is 1. The lowest BCUT2D eigenvalue weighted by Gasteiger charge is -2.17. The van der Waals surface area contributed by atoms with E-state index in [-0.39, 0.29) is 0 Å². The van der Waals surface area contributed by atoms with Crippen molar-refractivity contribution in [2.75, 3.05) is 11.1 Å². The largest absolute Gasteiger partial charge is 0.399 e. The van der Waals surface area contributed by atoms with E-state index in [0.29, 0.717) is 6.04 Å². The van der Waals surface area contributed by atoms with Crippen LogP contribution in [-0.2, 0) is 0 Å². The molecule has 1 aliphatic carbocycles. The number of nitrogens with one attached hydrogen (secondary N) is 1. The Hall–Kier alpha value is -1.18. The molecule has 2 unspecified atom stereocenters. The fraction of sp³-hybridized carbons (Fsp3) is 0.571. The molecule has 2 rings (SSSR count). The Morgan fingerprint density at radius 1 is 1.06 bits per heavy atom. The lowest BCUT2D eigenvalue weighted by Crippen LogP contribution is -2.18. The maximum Gasteiger partial charge on any atom is 0.0343 e. The van der Waals surface area contributed by atoms with Crippen LogP contribution in [0.2, 0.25) is 0 Å². The van der Waals surface area contributed by atoms with Crippen molar-refractivity contribution in [3.63, 3.8) is 0 Å². The molecule has 2 nitrogen and oxygen atoms in total. The Morgan fingerprint density at radius 3 is 2.56 bits per heavy atom. The van der Waals surface area contributed by atoms with E-state index in [1.54, 1.807) is 0 Å². The molecule has 1 fully saturated rings. The molecule has 0 radical (unpaired) electrons. The standard InChI is InChI=1S/C14H22N2/c1-11-3-2-4-13(8-5-11)16-14-9-6-12(15)7-10-14/h6-7,9-11,13,16H,2-5,8,15H2,1H3. The summed E-state index contributed by atoms with van der Waals surface area (Å²) >= 11 is 0.